The number of aryl methyl sites for hydroxylation is 1. The molecule has 2 aliphatic carbocycles. The second-order valence-electron chi connectivity index (χ2n) is 12.6. The number of primary amides is 1. The molecular weight excluding hydrogens is 542 g/mol. The van der Waals surface area contributed by atoms with Gasteiger partial charge in [-0.1, -0.05) is 12.1 Å². The van der Waals surface area contributed by atoms with Gasteiger partial charge in [-0.15, -0.1) is 0 Å². The van der Waals surface area contributed by atoms with Gasteiger partial charge in [-0.2, -0.15) is 0 Å². The van der Waals surface area contributed by atoms with Crippen LogP contribution in [0.25, 0.3) is 22.0 Å². The second kappa shape index (κ2) is 9.90. The third-order valence-corrected chi connectivity index (χ3v) is 9.75. The van der Waals surface area contributed by atoms with Crippen LogP contribution >= 0.6 is 0 Å². The Bertz CT molecular complexity index is 1640. The fourth-order valence-electron chi connectivity index (χ4n) is 7.45. The summed E-state index contributed by atoms with van der Waals surface area (Å²) < 4.78 is 30.9. The number of anilines is 1. The Hall–Kier alpha value is -3.79. The number of urea groups is 1. The van der Waals surface area contributed by atoms with Gasteiger partial charge in [-0.25, -0.2) is 18.5 Å². The van der Waals surface area contributed by atoms with E-state index in [2.05, 4.69) is 4.98 Å². The monoisotopic (exact) mass is 578 g/mol. The molecule has 4 amide bonds. The normalized spacial score (nSPS) is 24.6. The Labute approximate surface area is 242 Å². The average molecular weight is 579 g/mol. The summed E-state index contributed by atoms with van der Waals surface area (Å²) >= 11 is 0. The van der Waals surface area contributed by atoms with E-state index in [1.165, 1.54) is 11.9 Å². The number of benzene rings is 2. The topological polar surface area (TPSA) is 120 Å². The molecule has 4 N–H and O–H groups in total. The molecule has 1 saturated carbocycles. The standard InChI is InChI=1S/C32H36F2N4O4/c1-15-17(7-6-10-24(15)38-30(40)19-8-5-9-21(33)28(19)37(4)31(38)41)25-22(34)14-20(29(35)39)27-26(25)18-12-11-16(32(2,3)42)13-23(18)36-27/h6-7,10,14,16,19,21,28,36,42H,5,8-9,11-13H2,1-4H3,(H2,35,39)/t16-,19?,21?,28?/m0/s1. The van der Waals surface area contributed by atoms with Gasteiger partial charge in [0.05, 0.1) is 34.3 Å². The van der Waals surface area contributed by atoms with Gasteiger partial charge in [0.2, 0.25) is 5.91 Å². The molecule has 3 unspecified atom stereocenters. The number of nitrogens with one attached hydrogen (secondary N) is 1. The summed E-state index contributed by atoms with van der Waals surface area (Å²) in [7, 11) is 1.52. The second-order valence-corrected chi connectivity index (χ2v) is 12.6. The zero-order valence-electron chi connectivity index (χ0n) is 24.3. The maximum absolute atomic E-state index is 16.1. The lowest BCUT2D eigenvalue weighted by atomic mass is 9.77. The molecule has 42 heavy (non-hydrogen) atoms. The van der Waals surface area contributed by atoms with E-state index in [4.69, 9.17) is 5.73 Å². The van der Waals surface area contributed by atoms with Gasteiger partial charge in [0.15, 0.2) is 0 Å². The third kappa shape index (κ3) is 4.21. The predicted octanol–water partition coefficient (Wildman–Crippen LogP) is 5.16. The number of rotatable bonds is 4. The molecule has 0 radical (unpaired) electrons. The van der Waals surface area contributed by atoms with E-state index < -0.39 is 47.4 Å². The van der Waals surface area contributed by atoms with Gasteiger partial charge in [-0.05, 0) is 94.0 Å². The highest BCUT2D eigenvalue weighted by molar-refractivity contribution is 6.18. The van der Waals surface area contributed by atoms with Crippen LogP contribution in [0.2, 0.25) is 0 Å². The number of aromatic amines is 1. The van der Waals surface area contributed by atoms with Gasteiger partial charge >= 0.3 is 6.03 Å². The van der Waals surface area contributed by atoms with Crippen molar-refractivity contribution in [2.24, 2.45) is 17.6 Å². The molecule has 222 valence electrons. The Kier molecular flexibility index (Phi) is 6.68. The third-order valence-electron chi connectivity index (χ3n) is 9.75. The van der Waals surface area contributed by atoms with Crippen molar-refractivity contribution >= 4 is 34.4 Å². The number of halogens is 2. The SMILES string of the molecule is Cc1c(-c2c(F)cc(C(N)=O)c3[nH]c4c(c23)CC[C@H](C(C)(C)O)C4)cccc1N1C(=O)C2CCCC(F)C2N(C)C1=O. The Morgan fingerprint density at radius 2 is 1.93 bits per heavy atom. The van der Waals surface area contributed by atoms with E-state index in [9.17, 15) is 23.9 Å². The molecular formula is C32H36F2N4O4. The van der Waals surface area contributed by atoms with Crippen molar-refractivity contribution in [3.05, 3.63) is 52.5 Å². The van der Waals surface area contributed by atoms with Crippen LogP contribution in [0, 0.1) is 24.6 Å². The van der Waals surface area contributed by atoms with Crippen molar-refractivity contribution in [2.75, 3.05) is 11.9 Å². The van der Waals surface area contributed by atoms with E-state index in [0.717, 1.165) is 22.2 Å². The lowest BCUT2D eigenvalue weighted by molar-refractivity contribution is -0.128. The molecule has 0 bridgehead atoms. The first kappa shape index (κ1) is 28.3. The van der Waals surface area contributed by atoms with Gasteiger partial charge in [0.25, 0.3) is 5.91 Å². The quantitative estimate of drug-likeness (QED) is 0.396. The van der Waals surface area contributed by atoms with Crippen LogP contribution in [0.5, 0.6) is 0 Å². The molecule has 1 aromatic heterocycles. The van der Waals surface area contributed by atoms with Gasteiger partial charge in [-0.3, -0.25) is 9.59 Å². The minimum Gasteiger partial charge on any atom is -0.390 e. The van der Waals surface area contributed by atoms with Crippen LogP contribution in [-0.4, -0.2) is 57.7 Å². The van der Waals surface area contributed by atoms with E-state index in [1.54, 1.807) is 39.0 Å². The number of carbonyl (C=O) groups excluding carboxylic acids is 3. The van der Waals surface area contributed by atoms with Crippen molar-refractivity contribution in [1.29, 1.82) is 0 Å². The minimum absolute atomic E-state index is 0.0291. The number of carbonyl (C=O) groups is 3. The molecule has 2 aromatic carbocycles. The number of nitrogens with zero attached hydrogens (tertiary/aromatic N) is 2. The van der Waals surface area contributed by atoms with Crippen LogP contribution < -0.4 is 10.6 Å². The Balaban J connectivity index is 1.52. The highest BCUT2D eigenvalue weighted by Crippen LogP contribution is 2.45. The smallest absolute Gasteiger partial charge is 0.331 e. The van der Waals surface area contributed by atoms with Crippen molar-refractivity contribution in [2.45, 2.75) is 77.1 Å². The number of H-pyrrole nitrogens is 1. The first-order valence-electron chi connectivity index (χ1n) is 14.5. The van der Waals surface area contributed by atoms with Crippen molar-refractivity contribution < 1.29 is 28.3 Å². The van der Waals surface area contributed by atoms with E-state index in [-0.39, 0.29) is 17.0 Å². The maximum Gasteiger partial charge on any atom is 0.331 e. The summed E-state index contributed by atoms with van der Waals surface area (Å²) in [6.45, 7) is 5.26. The summed E-state index contributed by atoms with van der Waals surface area (Å²) in [6.07, 6.45) is 1.84. The summed E-state index contributed by atoms with van der Waals surface area (Å²) in [5.74, 6) is -2.55. The number of aromatic nitrogens is 1. The van der Waals surface area contributed by atoms with Gasteiger partial charge in [0.1, 0.15) is 12.0 Å². The fourth-order valence-corrected chi connectivity index (χ4v) is 7.45. The Morgan fingerprint density at radius 3 is 2.62 bits per heavy atom. The number of fused-ring (bicyclic) bond motifs is 4. The van der Waals surface area contributed by atoms with Crippen molar-refractivity contribution in [3.8, 4) is 11.1 Å². The summed E-state index contributed by atoms with van der Waals surface area (Å²) in [5.41, 5.74) is 8.42. The van der Waals surface area contributed by atoms with Crippen LogP contribution in [0.3, 0.4) is 0 Å². The fraction of sp³-hybridized carbons (Fsp3) is 0.469. The number of hydrogen-bond acceptors (Lipinski definition) is 4. The van der Waals surface area contributed by atoms with Crippen molar-refractivity contribution in [1.82, 2.24) is 9.88 Å². The van der Waals surface area contributed by atoms with E-state index in [1.807, 2.05) is 0 Å². The number of hydrogen-bond donors (Lipinski definition) is 3. The molecule has 3 aliphatic rings. The molecule has 6 rings (SSSR count). The molecule has 3 aromatic rings. The largest absolute Gasteiger partial charge is 0.390 e. The van der Waals surface area contributed by atoms with Crippen LogP contribution in [0.4, 0.5) is 19.3 Å². The summed E-state index contributed by atoms with van der Waals surface area (Å²) in [6, 6.07) is 4.76. The number of aliphatic hydroxyl groups is 1. The minimum atomic E-state index is -1.27. The number of amides is 4. The molecule has 10 heteroatoms. The summed E-state index contributed by atoms with van der Waals surface area (Å²) in [4.78, 5) is 45.3. The molecule has 1 aliphatic heterocycles. The molecule has 0 spiro atoms. The number of nitrogens with two attached hydrogens (primary N) is 1. The van der Waals surface area contributed by atoms with Crippen LogP contribution in [0.1, 0.15) is 66.7 Å². The molecule has 1 saturated heterocycles. The lowest BCUT2D eigenvalue weighted by Crippen LogP contribution is -2.64. The maximum atomic E-state index is 16.1. The first-order chi connectivity index (χ1) is 19.8. The average Bonchev–Trinajstić information content (AvgIpc) is 3.30. The first-order valence-corrected chi connectivity index (χ1v) is 14.5. The van der Waals surface area contributed by atoms with Gasteiger partial charge < -0.3 is 20.7 Å². The molecule has 2 heterocycles. The van der Waals surface area contributed by atoms with Crippen molar-refractivity contribution in [3.63, 3.8) is 0 Å². The van der Waals surface area contributed by atoms with E-state index in [0.29, 0.717) is 66.2 Å². The molecule has 2 fully saturated rings. The van der Waals surface area contributed by atoms with Gasteiger partial charge in [0, 0.05) is 23.7 Å². The number of imide groups is 1. The zero-order valence-corrected chi connectivity index (χ0v) is 24.3. The number of alkyl halides is 1. The highest BCUT2D eigenvalue weighted by atomic mass is 19.1. The van der Waals surface area contributed by atoms with Crippen LogP contribution in [0.15, 0.2) is 24.3 Å². The molecule has 4 atom stereocenters. The summed E-state index contributed by atoms with van der Waals surface area (Å²) in [5, 5.41) is 11.2. The predicted molar refractivity (Wildman–Crippen MR) is 155 cm³/mol. The van der Waals surface area contributed by atoms with Crippen LogP contribution in [-0.2, 0) is 17.6 Å². The Morgan fingerprint density at radius 1 is 1.19 bits per heavy atom. The highest BCUT2D eigenvalue weighted by Gasteiger charge is 2.50. The lowest BCUT2D eigenvalue weighted by Gasteiger charge is -2.46. The zero-order chi connectivity index (χ0) is 30.2. The molecule has 8 nitrogen and oxygen atoms in total. The van der Waals surface area contributed by atoms with E-state index >= 15 is 4.39 Å².